The Bertz CT molecular complexity index is 2670. The average Bonchev–Trinajstić information content (AvgIpc) is 3.53. The van der Waals surface area contributed by atoms with Crippen molar-refractivity contribution in [2.24, 2.45) is 0 Å². The number of aromatic nitrogens is 2. The molecule has 9 rings (SSSR count). The van der Waals surface area contributed by atoms with E-state index in [9.17, 15) is 0 Å². The van der Waals surface area contributed by atoms with Crippen LogP contribution in [0.2, 0.25) is 0 Å². The lowest BCUT2D eigenvalue weighted by Crippen LogP contribution is -2.23. The molecule has 0 amide bonds. The third-order valence-electron chi connectivity index (χ3n) is 9.46. The molecule has 0 N–H and O–H groups in total. The predicted molar refractivity (Wildman–Crippen MR) is 208 cm³/mol. The van der Waals surface area contributed by atoms with E-state index in [2.05, 4.69) is 84.1 Å². The summed E-state index contributed by atoms with van der Waals surface area (Å²) in [6.45, 7) is 6.83. The molecule has 0 saturated heterocycles. The first-order valence-electron chi connectivity index (χ1n) is 19.4. The van der Waals surface area contributed by atoms with Crippen molar-refractivity contribution in [3.63, 3.8) is 0 Å². The maximum atomic E-state index is 8.68. The van der Waals surface area contributed by atoms with E-state index in [1.54, 1.807) is 4.90 Å². The zero-order valence-electron chi connectivity index (χ0n) is 33.5. The quantitative estimate of drug-likeness (QED) is 0.182. The van der Waals surface area contributed by atoms with Crippen molar-refractivity contribution in [1.29, 1.82) is 0 Å². The van der Waals surface area contributed by atoms with Crippen LogP contribution in [0.25, 0.3) is 22.3 Å². The summed E-state index contributed by atoms with van der Waals surface area (Å²) in [5, 5.41) is 0. The molecule has 0 aliphatic carbocycles. The molecule has 6 nitrogen and oxygen atoms in total. The smallest absolute Gasteiger partial charge is 0.137 e. The van der Waals surface area contributed by atoms with Gasteiger partial charge in [-0.25, -0.2) is 4.98 Å². The summed E-state index contributed by atoms with van der Waals surface area (Å²) in [5.41, 5.74) is 9.67. The van der Waals surface area contributed by atoms with E-state index in [4.69, 9.17) is 16.6 Å². The molecule has 0 saturated carbocycles. The number of anilines is 7. The van der Waals surface area contributed by atoms with E-state index >= 15 is 0 Å². The Morgan fingerprint density at radius 3 is 2.12 bits per heavy atom. The van der Waals surface area contributed by atoms with Gasteiger partial charge in [-0.2, -0.15) is 0 Å². The number of benzene rings is 5. The highest BCUT2D eigenvalue weighted by atomic mass is 16.5. The molecule has 6 heteroatoms. The minimum atomic E-state index is -0.418. The fourth-order valence-corrected chi connectivity index (χ4v) is 6.97. The van der Waals surface area contributed by atoms with E-state index in [1.165, 1.54) is 5.56 Å². The van der Waals surface area contributed by atoms with E-state index in [0.717, 1.165) is 56.5 Å². The number of rotatable bonds is 5. The molecule has 7 aromatic rings. The average molecular weight is 669 g/mol. The predicted octanol–water partition coefficient (Wildman–Crippen LogP) is 11.9. The van der Waals surface area contributed by atoms with Crippen LogP contribution in [0, 0.1) is 0 Å². The molecule has 2 aromatic heterocycles. The van der Waals surface area contributed by atoms with Crippen LogP contribution in [0.1, 0.15) is 33.2 Å². The SMILES string of the molecule is [2H]c1c([2H])c([2H])c(N2CN(c3cccc(Oc4ccc5c(c4)N(c4cc(C(C)(C)C)ccn4)c4ccncc4-c4ccccc4-5)c3)c3ccccc32)c([2H])c1[2H]. The summed E-state index contributed by atoms with van der Waals surface area (Å²) in [6.07, 6.45) is 5.60. The van der Waals surface area contributed by atoms with Crippen molar-refractivity contribution >= 4 is 39.9 Å². The molecule has 0 spiro atoms. The normalized spacial score (nSPS) is 14.6. The molecule has 2 aliphatic rings. The van der Waals surface area contributed by atoms with Crippen molar-refractivity contribution in [1.82, 2.24) is 9.97 Å². The van der Waals surface area contributed by atoms with E-state index < -0.39 is 6.04 Å². The molecule has 0 unspecified atom stereocenters. The summed E-state index contributed by atoms with van der Waals surface area (Å²) in [5.74, 6) is 2.03. The summed E-state index contributed by atoms with van der Waals surface area (Å²) in [7, 11) is 0. The van der Waals surface area contributed by atoms with Crippen LogP contribution in [0.15, 0.2) is 158 Å². The Morgan fingerprint density at radius 2 is 1.33 bits per heavy atom. The molecular weight excluding hydrogens is 627 g/mol. The van der Waals surface area contributed by atoms with Gasteiger partial charge in [0.25, 0.3) is 0 Å². The number of nitrogens with zero attached hydrogens (tertiary/aromatic N) is 5. The van der Waals surface area contributed by atoms with Gasteiger partial charge in [0.1, 0.15) is 24.0 Å². The third kappa shape index (κ3) is 5.46. The van der Waals surface area contributed by atoms with Gasteiger partial charge in [-0.05, 0) is 88.8 Å². The van der Waals surface area contributed by atoms with Crippen molar-refractivity contribution in [3.05, 3.63) is 164 Å². The maximum absolute atomic E-state index is 8.68. The van der Waals surface area contributed by atoms with Crippen LogP contribution in [0.3, 0.4) is 0 Å². The zero-order chi connectivity index (χ0) is 38.9. The Hall–Kier alpha value is -6.40. The molecular formula is C45H37N5O. The molecule has 4 heterocycles. The minimum absolute atomic E-state index is 0.0893. The highest BCUT2D eigenvalue weighted by molar-refractivity contribution is 6.02. The second-order valence-electron chi connectivity index (χ2n) is 13.7. The highest BCUT2D eigenvalue weighted by Crippen LogP contribution is 2.51. The van der Waals surface area contributed by atoms with Crippen LogP contribution in [0.4, 0.5) is 39.9 Å². The van der Waals surface area contributed by atoms with Gasteiger partial charge in [0.2, 0.25) is 0 Å². The van der Waals surface area contributed by atoms with E-state index in [1.807, 2.05) is 79.3 Å². The zero-order valence-corrected chi connectivity index (χ0v) is 28.5. The number of ether oxygens (including phenoxy) is 1. The van der Waals surface area contributed by atoms with Gasteiger partial charge >= 0.3 is 0 Å². The third-order valence-corrected chi connectivity index (χ3v) is 9.46. The van der Waals surface area contributed by atoms with Gasteiger partial charge in [0.05, 0.1) is 29.6 Å². The number of fused-ring (bicyclic) bond motifs is 6. The fraction of sp³-hybridized carbons (Fsp3) is 0.111. The lowest BCUT2D eigenvalue weighted by Gasteiger charge is -2.28. The number of hydrogen-bond acceptors (Lipinski definition) is 6. The van der Waals surface area contributed by atoms with E-state index in [0.29, 0.717) is 11.5 Å². The van der Waals surface area contributed by atoms with Crippen molar-refractivity contribution < 1.29 is 11.6 Å². The standard InChI is InChI=1S/C45H37N5O/c1-45(2,3)31-22-25-47-44(26-31)50-40-23-24-46-29-39(40)37-17-8-7-16-36(37)38-21-20-35(28-43(38)50)51-34-15-11-14-33(27-34)49-30-48(32-12-5-4-6-13-32)41-18-9-10-19-42(41)49/h4-29H,30H2,1-3H3/i4D,5D,6D,12D,13D. The van der Waals surface area contributed by atoms with Crippen LogP contribution in [-0.4, -0.2) is 16.6 Å². The lowest BCUT2D eigenvalue weighted by molar-refractivity contribution is 0.483. The van der Waals surface area contributed by atoms with Crippen molar-refractivity contribution in [2.45, 2.75) is 26.2 Å². The second-order valence-corrected chi connectivity index (χ2v) is 13.7. The molecule has 248 valence electrons. The Morgan fingerprint density at radius 1 is 0.608 bits per heavy atom. The molecule has 0 fully saturated rings. The van der Waals surface area contributed by atoms with Crippen LogP contribution in [-0.2, 0) is 5.41 Å². The van der Waals surface area contributed by atoms with Crippen LogP contribution >= 0.6 is 0 Å². The van der Waals surface area contributed by atoms with Crippen LogP contribution < -0.4 is 19.4 Å². The van der Waals surface area contributed by atoms with Gasteiger partial charge in [-0.3, -0.25) is 9.88 Å². The maximum Gasteiger partial charge on any atom is 0.137 e. The Balaban J connectivity index is 1.12. The highest BCUT2D eigenvalue weighted by Gasteiger charge is 2.30. The minimum Gasteiger partial charge on any atom is -0.457 e. The summed E-state index contributed by atoms with van der Waals surface area (Å²) >= 11 is 0. The summed E-state index contributed by atoms with van der Waals surface area (Å²) < 4.78 is 48.7. The lowest BCUT2D eigenvalue weighted by atomic mass is 9.87. The molecule has 5 aromatic carbocycles. The van der Waals surface area contributed by atoms with Crippen LogP contribution in [0.5, 0.6) is 11.5 Å². The van der Waals surface area contributed by atoms with Gasteiger partial charge in [-0.1, -0.05) is 81.4 Å². The van der Waals surface area contributed by atoms with Gasteiger partial charge in [-0.15, -0.1) is 0 Å². The Kier molecular flexibility index (Phi) is 6.10. The summed E-state index contributed by atoms with van der Waals surface area (Å²) in [6, 6.07) is 34.6. The number of para-hydroxylation sites is 3. The fourth-order valence-electron chi connectivity index (χ4n) is 6.97. The van der Waals surface area contributed by atoms with Crippen molar-refractivity contribution in [2.75, 3.05) is 21.4 Å². The Labute approximate surface area is 305 Å². The second kappa shape index (κ2) is 12.2. The topological polar surface area (TPSA) is 44.7 Å². The molecule has 0 bridgehead atoms. The summed E-state index contributed by atoms with van der Waals surface area (Å²) in [4.78, 5) is 15.5. The molecule has 51 heavy (non-hydrogen) atoms. The number of hydrogen-bond donors (Lipinski definition) is 0. The molecule has 2 aliphatic heterocycles. The first-order chi connectivity index (χ1) is 27.0. The first-order valence-corrected chi connectivity index (χ1v) is 16.9. The van der Waals surface area contributed by atoms with E-state index in [-0.39, 0.29) is 41.9 Å². The molecule has 0 atom stereocenters. The largest absolute Gasteiger partial charge is 0.457 e. The molecule has 0 radical (unpaired) electrons. The van der Waals surface area contributed by atoms with Gasteiger partial charge in [0.15, 0.2) is 0 Å². The monoisotopic (exact) mass is 668 g/mol. The number of pyridine rings is 2. The van der Waals surface area contributed by atoms with Gasteiger partial charge in [0, 0.05) is 53.2 Å². The van der Waals surface area contributed by atoms with Gasteiger partial charge < -0.3 is 14.5 Å². The first kappa shape index (κ1) is 25.6. The van der Waals surface area contributed by atoms with Crippen molar-refractivity contribution in [3.8, 4) is 33.8 Å².